The van der Waals surface area contributed by atoms with E-state index in [1.807, 2.05) is 18.2 Å². The van der Waals surface area contributed by atoms with E-state index in [-0.39, 0.29) is 0 Å². The molecule has 3 heteroatoms. The van der Waals surface area contributed by atoms with Crippen molar-refractivity contribution in [1.29, 1.82) is 0 Å². The zero-order valence-electron chi connectivity index (χ0n) is 9.54. The lowest BCUT2D eigenvalue weighted by atomic mass is 9.91. The lowest BCUT2D eigenvalue weighted by Crippen LogP contribution is -2.04. The number of rotatable bonds is 4. The first-order chi connectivity index (χ1) is 7.63. The fourth-order valence-electron chi connectivity index (χ4n) is 2.15. The Bertz CT molecular complexity index is 358. The van der Waals surface area contributed by atoms with Crippen LogP contribution in [0, 0.1) is 0 Å². The fraction of sp³-hybridized carbons (Fsp3) is 0.538. The van der Waals surface area contributed by atoms with Crippen LogP contribution >= 0.6 is 23.2 Å². The Hall–Kier alpha value is -0.240. The maximum Gasteiger partial charge on any atom is 0.0844 e. The van der Waals surface area contributed by atoms with Crippen LogP contribution in [-0.4, -0.2) is 12.2 Å². The molecule has 0 amide bonds. The first kappa shape index (κ1) is 12.2. The van der Waals surface area contributed by atoms with E-state index in [0.717, 1.165) is 28.5 Å². The summed E-state index contributed by atoms with van der Waals surface area (Å²) in [6.45, 7) is 4.27. The summed E-state index contributed by atoms with van der Waals surface area (Å²) in [7, 11) is 0. The Balaban J connectivity index is 2.19. The molecule has 0 N–H and O–H groups in total. The Kier molecular flexibility index (Phi) is 3.78. The predicted molar refractivity (Wildman–Crippen MR) is 68.4 cm³/mol. The first-order valence-electron chi connectivity index (χ1n) is 5.72. The van der Waals surface area contributed by atoms with Gasteiger partial charge in [0.1, 0.15) is 0 Å². The first-order valence-corrected chi connectivity index (χ1v) is 6.48. The summed E-state index contributed by atoms with van der Waals surface area (Å²) in [5, 5.41) is 1.54. The Labute approximate surface area is 107 Å². The summed E-state index contributed by atoms with van der Waals surface area (Å²) in [5.74, 6) is 0.399. The van der Waals surface area contributed by atoms with Crippen molar-refractivity contribution in [2.45, 2.75) is 44.8 Å². The van der Waals surface area contributed by atoms with Crippen molar-refractivity contribution in [1.82, 2.24) is 0 Å². The number of benzene rings is 1. The van der Waals surface area contributed by atoms with Gasteiger partial charge in [0.25, 0.3) is 0 Å². The molecule has 0 radical (unpaired) electrons. The van der Waals surface area contributed by atoms with Crippen LogP contribution in [0.3, 0.4) is 0 Å². The average Bonchev–Trinajstić information content (AvgIpc) is 2.92. The third-order valence-corrected chi connectivity index (χ3v) is 3.91. The monoisotopic (exact) mass is 258 g/mol. The van der Waals surface area contributed by atoms with Gasteiger partial charge in [0.05, 0.1) is 12.2 Å². The minimum Gasteiger partial charge on any atom is -0.370 e. The van der Waals surface area contributed by atoms with Crippen molar-refractivity contribution in [3.8, 4) is 0 Å². The normalized spacial score (nSPS) is 25.5. The van der Waals surface area contributed by atoms with Crippen LogP contribution in [0.25, 0.3) is 0 Å². The Morgan fingerprint density at radius 3 is 2.31 bits per heavy atom. The molecule has 1 saturated heterocycles. The van der Waals surface area contributed by atoms with Crippen LogP contribution < -0.4 is 0 Å². The highest BCUT2D eigenvalue weighted by Gasteiger charge is 2.36. The van der Waals surface area contributed by atoms with Gasteiger partial charge in [0, 0.05) is 10.0 Å². The molecule has 88 valence electrons. The molecule has 1 heterocycles. The predicted octanol–water partition coefficient (Wildman–Crippen LogP) is 4.66. The highest BCUT2D eigenvalue weighted by atomic mass is 35.5. The van der Waals surface area contributed by atoms with Crippen LogP contribution in [0.15, 0.2) is 18.2 Å². The quantitative estimate of drug-likeness (QED) is 0.716. The minimum absolute atomic E-state index is 0.386. The maximum atomic E-state index is 6.22. The van der Waals surface area contributed by atoms with E-state index < -0.39 is 0 Å². The van der Waals surface area contributed by atoms with Gasteiger partial charge in [-0.2, -0.15) is 0 Å². The zero-order valence-corrected chi connectivity index (χ0v) is 11.1. The molecule has 0 bridgehead atoms. The van der Waals surface area contributed by atoms with E-state index in [4.69, 9.17) is 27.9 Å². The molecule has 1 aliphatic heterocycles. The molecular formula is C13H16Cl2O. The lowest BCUT2D eigenvalue weighted by molar-refractivity contribution is 0.357. The smallest absolute Gasteiger partial charge is 0.0844 e. The molecule has 1 nitrogen and oxygen atoms in total. The molecule has 1 aromatic rings. The van der Waals surface area contributed by atoms with E-state index in [1.165, 1.54) is 0 Å². The summed E-state index contributed by atoms with van der Waals surface area (Å²) < 4.78 is 5.46. The fourth-order valence-corrected chi connectivity index (χ4v) is 2.85. The lowest BCUT2D eigenvalue weighted by Gasteiger charge is -2.17. The summed E-state index contributed by atoms with van der Waals surface area (Å²) in [4.78, 5) is 0. The number of epoxide rings is 1. The molecule has 0 aromatic heterocycles. The van der Waals surface area contributed by atoms with Crippen LogP contribution in [0.2, 0.25) is 10.0 Å². The third kappa shape index (κ3) is 2.53. The van der Waals surface area contributed by atoms with Crippen molar-refractivity contribution < 1.29 is 4.74 Å². The summed E-state index contributed by atoms with van der Waals surface area (Å²) in [5.41, 5.74) is 1.08. The van der Waals surface area contributed by atoms with E-state index in [0.29, 0.717) is 18.1 Å². The molecule has 0 saturated carbocycles. The summed E-state index contributed by atoms with van der Waals surface area (Å²) in [6, 6.07) is 5.70. The topological polar surface area (TPSA) is 12.5 Å². The third-order valence-electron chi connectivity index (χ3n) is 3.25. The summed E-state index contributed by atoms with van der Waals surface area (Å²) >= 11 is 12.4. The van der Waals surface area contributed by atoms with Gasteiger partial charge in [-0.15, -0.1) is 0 Å². The van der Waals surface area contributed by atoms with Crippen molar-refractivity contribution >= 4 is 23.2 Å². The number of hydrogen-bond donors (Lipinski definition) is 0. The van der Waals surface area contributed by atoms with Crippen LogP contribution in [0.1, 0.15) is 38.2 Å². The van der Waals surface area contributed by atoms with Crippen molar-refractivity contribution in [3.05, 3.63) is 33.8 Å². The van der Waals surface area contributed by atoms with Crippen molar-refractivity contribution in [2.24, 2.45) is 0 Å². The highest BCUT2D eigenvalue weighted by Crippen LogP contribution is 2.39. The van der Waals surface area contributed by atoms with Gasteiger partial charge in [0.2, 0.25) is 0 Å². The van der Waals surface area contributed by atoms with Gasteiger partial charge in [-0.25, -0.2) is 0 Å². The van der Waals surface area contributed by atoms with Crippen molar-refractivity contribution in [3.63, 3.8) is 0 Å². The molecule has 0 aliphatic carbocycles. The Morgan fingerprint density at radius 2 is 1.88 bits per heavy atom. The number of ether oxygens (including phenoxy) is 1. The van der Waals surface area contributed by atoms with Crippen LogP contribution in [0.4, 0.5) is 0 Å². The zero-order chi connectivity index (χ0) is 11.7. The largest absolute Gasteiger partial charge is 0.370 e. The van der Waals surface area contributed by atoms with Crippen molar-refractivity contribution in [2.75, 3.05) is 0 Å². The molecule has 1 aliphatic rings. The molecular weight excluding hydrogens is 243 g/mol. The van der Waals surface area contributed by atoms with Gasteiger partial charge >= 0.3 is 0 Å². The molecule has 16 heavy (non-hydrogen) atoms. The van der Waals surface area contributed by atoms with E-state index >= 15 is 0 Å². The molecule has 1 aromatic carbocycles. The van der Waals surface area contributed by atoms with Crippen LogP contribution in [0.5, 0.6) is 0 Å². The molecule has 0 spiro atoms. The maximum absolute atomic E-state index is 6.22. The minimum atomic E-state index is 0.386. The molecule has 1 fully saturated rings. The second-order valence-corrected chi connectivity index (χ2v) is 5.17. The van der Waals surface area contributed by atoms with Gasteiger partial charge in [0.15, 0.2) is 0 Å². The van der Waals surface area contributed by atoms with E-state index in [9.17, 15) is 0 Å². The van der Waals surface area contributed by atoms with E-state index in [2.05, 4.69) is 13.8 Å². The molecule has 3 atom stereocenters. The number of hydrogen-bond acceptors (Lipinski definition) is 1. The van der Waals surface area contributed by atoms with Gasteiger partial charge in [-0.3, -0.25) is 0 Å². The van der Waals surface area contributed by atoms with Crippen LogP contribution in [-0.2, 0) is 4.74 Å². The highest BCUT2D eigenvalue weighted by molar-refractivity contribution is 6.36. The second kappa shape index (κ2) is 4.95. The Morgan fingerprint density at radius 1 is 1.31 bits per heavy atom. The molecule has 2 rings (SSSR count). The second-order valence-electron chi connectivity index (χ2n) is 4.36. The number of halogens is 2. The molecule has 3 unspecified atom stereocenters. The van der Waals surface area contributed by atoms with Gasteiger partial charge in [-0.05, 0) is 43.4 Å². The summed E-state index contributed by atoms with van der Waals surface area (Å²) in [6.07, 6.45) is 2.84. The van der Waals surface area contributed by atoms with Gasteiger partial charge in [-0.1, -0.05) is 36.2 Å². The SMILES string of the molecule is CCC(CC1OC1C)c1c(Cl)cccc1Cl. The van der Waals surface area contributed by atoms with E-state index in [1.54, 1.807) is 0 Å². The van der Waals surface area contributed by atoms with Gasteiger partial charge < -0.3 is 4.74 Å². The standard InChI is InChI=1S/C13H16Cl2O/c1-3-9(7-12-8(2)16-12)13-10(14)5-4-6-11(13)15/h4-6,8-9,12H,3,7H2,1-2H3. The average molecular weight is 259 g/mol.